The molecule has 18 heavy (non-hydrogen) atoms. The molecule has 0 aliphatic carbocycles. The molecule has 1 amide bonds. The minimum absolute atomic E-state index is 0.238. The Bertz CT molecular complexity index is 412. The molecular formula is C11H13BrClNO4. The fourth-order valence-corrected chi connectivity index (χ4v) is 1.88. The summed E-state index contributed by atoms with van der Waals surface area (Å²) < 4.78 is 6.03. The normalized spacial score (nSPS) is 10.5. The maximum atomic E-state index is 11.4. The van der Waals surface area contributed by atoms with E-state index in [1.165, 1.54) is 0 Å². The Morgan fingerprint density at radius 1 is 1.44 bits per heavy atom. The summed E-state index contributed by atoms with van der Waals surface area (Å²) in [4.78, 5) is 11.4. The highest BCUT2D eigenvalue weighted by Gasteiger charge is 2.11. The van der Waals surface area contributed by atoms with Gasteiger partial charge in [-0.1, -0.05) is 27.5 Å². The van der Waals surface area contributed by atoms with Crippen molar-refractivity contribution in [3.05, 3.63) is 27.7 Å². The van der Waals surface area contributed by atoms with E-state index in [0.717, 1.165) is 4.47 Å². The fraction of sp³-hybridized carbons (Fsp3) is 0.364. The van der Waals surface area contributed by atoms with E-state index in [2.05, 4.69) is 21.2 Å². The van der Waals surface area contributed by atoms with E-state index in [-0.39, 0.29) is 19.8 Å². The summed E-state index contributed by atoms with van der Waals surface area (Å²) in [6.45, 7) is -0.902. The number of amides is 1. The summed E-state index contributed by atoms with van der Waals surface area (Å²) >= 11 is 9.16. The van der Waals surface area contributed by atoms with E-state index >= 15 is 0 Å². The number of benzene rings is 1. The van der Waals surface area contributed by atoms with Gasteiger partial charge in [0.1, 0.15) is 5.75 Å². The lowest BCUT2D eigenvalue weighted by Gasteiger charge is -2.14. The third-order valence-electron chi connectivity index (χ3n) is 2.06. The van der Waals surface area contributed by atoms with Crippen molar-refractivity contribution in [2.45, 2.75) is 6.04 Å². The van der Waals surface area contributed by atoms with Crippen molar-refractivity contribution in [2.24, 2.45) is 0 Å². The van der Waals surface area contributed by atoms with Gasteiger partial charge < -0.3 is 20.3 Å². The Labute approximate surface area is 118 Å². The first-order valence-electron chi connectivity index (χ1n) is 5.15. The van der Waals surface area contributed by atoms with Crippen molar-refractivity contribution in [3.8, 4) is 5.75 Å². The molecule has 7 heteroatoms. The van der Waals surface area contributed by atoms with Gasteiger partial charge in [-0.15, -0.1) is 0 Å². The molecule has 1 aromatic carbocycles. The Morgan fingerprint density at radius 3 is 2.67 bits per heavy atom. The molecule has 0 atom stereocenters. The molecule has 3 N–H and O–H groups in total. The largest absolute Gasteiger partial charge is 0.482 e. The van der Waals surface area contributed by atoms with Gasteiger partial charge in [-0.3, -0.25) is 4.79 Å². The molecule has 0 bridgehead atoms. The number of halogens is 2. The number of hydrogen-bond donors (Lipinski definition) is 3. The lowest BCUT2D eigenvalue weighted by atomic mass is 10.3. The minimum atomic E-state index is -0.679. The average Bonchev–Trinajstić information content (AvgIpc) is 2.35. The van der Waals surface area contributed by atoms with Crippen LogP contribution in [0.1, 0.15) is 0 Å². The van der Waals surface area contributed by atoms with E-state index < -0.39 is 11.9 Å². The highest BCUT2D eigenvalue weighted by molar-refractivity contribution is 9.10. The molecule has 1 aromatic rings. The molecular weight excluding hydrogens is 325 g/mol. The number of aliphatic hydroxyl groups is 2. The summed E-state index contributed by atoms with van der Waals surface area (Å²) in [6.07, 6.45) is 0. The number of carbonyl (C=O) groups is 1. The molecule has 0 radical (unpaired) electrons. The second kappa shape index (κ2) is 7.58. The van der Waals surface area contributed by atoms with Gasteiger partial charge >= 0.3 is 0 Å². The van der Waals surface area contributed by atoms with Gasteiger partial charge in [0.2, 0.25) is 0 Å². The third-order valence-corrected chi connectivity index (χ3v) is 2.85. The Hall–Kier alpha value is -0.820. The first-order valence-corrected chi connectivity index (χ1v) is 6.33. The number of carbonyl (C=O) groups excluding carboxylic acids is 1. The van der Waals surface area contributed by atoms with E-state index in [1.54, 1.807) is 18.2 Å². The molecule has 0 saturated carbocycles. The van der Waals surface area contributed by atoms with Crippen LogP contribution in [0.25, 0.3) is 0 Å². The summed E-state index contributed by atoms with van der Waals surface area (Å²) in [7, 11) is 0. The van der Waals surface area contributed by atoms with Gasteiger partial charge in [-0.2, -0.15) is 0 Å². The highest BCUT2D eigenvalue weighted by atomic mass is 79.9. The number of nitrogens with one attached hydrogen (secondary N) is 1. The molecule has 0 unspecified atom stereocenters. The minimum Gasteiger partial charge on any atom is -0.482 e. The van der Waals surface area contributed by atoms with Gasteiger partial charge in [0.25, 0.3) is 5.91 Å². The van der Waals surface area contributed by atoms with E-state index in [4.69, 9.17) is 26.6 Å². The molecule has 5 nitrogen and oxygen atoms in total. The van der Waals surface area contributed by atoms with Crippen LogP contribution in [0.3, 0.4) is 0 Å². The van der Waals surface area contributed by atoms with Gasteiger partial charge in [0.05, 0.1) is 24.3 Å². The topological polar surface area (TPSA) is 78.8 Å². The van der Waals surface area contributed by atoms with Crippen LogP contribution in [0, 0.1) is 0 Å². The zero-order valence-corrected chi connectivity index (χ0v) is 11.7. The number of ether oxygens (including phenoxy) is 1. The molecule has 0 aliphatic heterocycles. The van der Waals surface area contributed by atoms with Crippen molar-refractivity contribution in [3.63, 3.8) is 0 Å². The van der Waals surface area contributed by atoms with Crippen LogP contribution in [0.4, 0.5) is 0 Å². The second-order valence-electron chi connectivity index (χ2n) is 3.49. The van der Waals surface area contributed by atoms with Crippen LogP contribution in [-0.2, 0) is 4.79 Å². The summed E-state index contributed by atoms with van der Waals surface area (Å²) in [5.74, 6) is -0.0540. The maximum absolute atomic E-state index is 11.4. The van der Waals surface area contributed by atoms with Crippen LogP contribution < -0.4 is 10.1 Å². The van der Waals surface area contributed by atoms with Crippen molar-refractivity contribution in [1.82, 2.24) is 5.32 Å². The fourth-order valence-electron chi connectivity index (χ4n) is 1.15. The third kappa shape index (κ3) is 4.81. The predicted octanol–water partition coefficient (Wildman–Crippen LogP) is 0.951. The average molecular weight is 339 g/mol. The first kappa shape index (κ1) is 15.2. The lowest BCUT2D eigenvalue weighted by molar-refractivity contribution is -0.124. The van der Waals surface area contributed by atoms with Crippen LogP contribution in [0.15, 0.2) is 22.7 Å². The summed E-state index contributed by atoms with van der Waals surface area (Å²) in [5, 5.41) is 20.4. The van der Waals surface area contributed by atoms with Crippen LogP contribution in [0.5, 0.6) is 5.75 Å². The monoisotopic (exact) mass is 337 g/mol. The Kier molecular flexibility index (Phi) is 6.42. The molecule has 0 aromatic heterocycles. The predicted molar refractivity (Wildman–Crippen MR) is 70.7 cm³/mol. The van der Waals surface area contributed by atoms with Crippen LogP contribution >= 0.6 is 27.5 Å². The zero-order valence-electron chi connectivity index (χ0n) is 9.40. The van der Waals surface area contributed by atoms with E-state index in [1.807, 2.05) is 0 Å². The Morgan fingerprint density at radius 2 is 2.11 bits per heavy atom. The SMILES string of the molecule is O=C(COc1ccc(Br)cc1Cl)NC(CO)CO. The van der Waals surface area contributed by atoms with Gasteiger partial charge in [0, 0.05) is 4.47 Å². The van der Waals surface area contributed by atoms with Crippen molar-refractivity contribution < 1.29 is 19.7 Å². The quantitative estimate of drug-likeness (QED) is 0.722. The molecule has 1 rings (SSSR count). The first-order chi connectivity index (χ1) is 8.56. The smallest absolute Gasteiger partial charge is 0.258 e. The molecule has 0 fully saturated rings. The van der Waals surface area contributed by atoms with E-state index in [0.29, 0.717) is 10.8 Å². The highest BCUT2D eigenvalue weighted by Crippen LogP contribution is 2.27. The molecule has 0 spiro atoms. The van der Waals surface area contributed by atoms with Crippen molar-refractivity contribution in [2.75, 3.05) is 19.8 Å². The standard InChI is InChI=1S/C11H13BrClNO4/c12-7-1-2-10(9(13)3-7)18-6-11(17)14-8(4-15)5-16/h1-3,8,15-16H,4-6H2,(H,14,17). The van der Waals surface area contributed by atoms with Crippen LogP contribution in [-0.4, -0.2) is 42.0 Å². The molecule has 100 valence electrons. The summed E-state index contributed by atoms with van der Waals surface area (Å²) in [5.41, 5.74) is 0. The Balaban J connectivity index is 2.47. The van der Waals surface area contributed by atoms with E-state index in [9.17, 15) is 4.79 Å². The van der Waals surface area contributed by atoms with Gasteiger partial charge in [0.15, 0.2) is 6.61 Å². The molecule has 0 aliphatic rings. The maximum Gasteiger partial charge on any atom is 0.258 e. The van der Waals surface area contributed by atoms with Crippen LogP contribution in [0.2, 0.25) is 5.02 Å². The second-order valence-corrected chi connectivity index (χ2v) is 4.82. The van der Waals surface area contributed by atoms with Crippen molar-refractivity contribution in [1.29, 1.82) is 0 Å². The number of hydrogen-bond acceptors (Lipinski definition) is 4. The molecule has 0 saturated heterocycles. The number of rotatable bonds is 6. The summed E-state index contributed by atoms with van der Waals surface area (Å²) in [6, 6.07) is 4.35. The zero-order chi connectivity index (χ0) is 13.5. The van der Waals surface area contributed by atoms with Gasteiger partial charge in [-0.05, 0) is 18.2 Å². The lowest BCUT2D eigenvalue weighted by Crippen LogP contribution is -2.42. The van der Waals surface area contributed by atoms with Crippen molar-refractivity contribution >= 4 is 33.4 Å². The molecule has 0 heterocycles. The number of aliphatic hydroxyl groups excluding tert-OH is 2. The van der Waals surface area contributed by atoms with Gasteiger partial charge in [-0.25, -0.2) is 0 Å².